The molecule has 1 aromatic carbocycles. The lowest BCUT2D eigenvalue weighted by Crippen LogP contribution is -2.44. The van der Waals surface area contributed by atoms with E-state index in [1.165, 1.54) is 25.7 Å². The molecule has 2 bridgehead atoms. The molecular weight excluding hydrogens is 286 g/mol. The van der Waals surface area contributed by atoms with Gasteiger partial charge in [0.05, 0.1) is 12.6 Å². The van der Waals surface area contributed by atoms with Gasteiger partial charge in [-0.15, -0.1) is 0 Å². The Morgan fingerprint density at radius 2 is 1.78 bits per heavy atom. The normalized spacial score (nSPS) is 27.2. The number of aromatic nitrogens is 2. The average Bonchev–Trinajstić information content (AvgIpc) is 3.19. The van der Waals surface area contributed by atoms with Crippen molar-refractivity contribution in [2.24, 2.45) is 0 Å². The van der Waals surface area contributed by atoms with Crippen LogP contribution in [-0.2, 0) is 0 Å². The molecule has 3 heterocycles. The Balaban J connectivity index is 1.26. The van der Waals surface area contributed by atoms with E-state index < -0.39 is 0 Å². The van der Waals surface area contributed by atoms with Crippen molar-refractivity contribution in [3.05, 3.63) is 48.8 Å². The van der Waals surface area contributed by atoms with Crippen molar-refractivity contribution < 1.29 is 4.74 Å². The second kappa shape index (κ2) is 6.75. The molecule has 2 fully saturated rings. The van der Waals surface area contributed by atoms with E-state index in [4.69, 9.17) is 4.74 Å². The highest BCUT2D eigenvalue weighted by atomic mass is 16.5. The van der Waals surface area contributed by atoms with E-state index in [9.17, 15) is 0 Å². The summed E-state index contributed by atoms with van der Waals surface area (Å²) in [6.07, 6.45) is 10.3. The van der Waals surface area contributed by atoms with Crippen LogP contribution in [0.2, 0.25) is 0 Å². The second-order valence-corrected chi connectivity index (χ2v) is 6.75. The van der Waals surface area contributed by atoms with E-state index in [0.29, 0.717) is 6.04 Å². The van der Waals surface area contributed by atoms with Crippen LogP contribution >= 0.6 is 0 Å². The van der Waals surface area contributed by atoms with Crippen LogP contribution in [0.3, 0.4) is 0 Å². The molecule has 2 unspecified atom stereocenters. The summed E-state index contributed by atoms with van der Waals surface area (Å²) < 4.78 is 8.00. The Hall–Kier alpha value is -1.81. The van der Waals surface area contributed by atoms with Crippen molar-refractivity contribution >= 4 is 0 Å². The number of hydrogen-bond acceptors (Lipinski definition) is 3. The van der Waals surface area contributed by atoms with E-state index in [2.05, 4.69) is 20.9 Å². The highest BCUT2D eigenvalue weighted by molar-refractivity contribution is 5.20. The maximum atomic E-state index is 5.83. The summed E-state index contributed by atoms with van der Waals surface area (Å²) in [5.74, 6) is 0.980. The topological polar surface area (TPSA) is 30.3 Å². The molecule has 2 saturated heterocycles. The summed E-state index contributed by atoms with van der Waals surface area (Å²) in [5.41, 5.74) is 0. The minimum atomic E-state index is 0.597. The van der Waals surface area contributed by atoms with Crippen molar-refractivity contribution in [2.45, 2.75) is 50.2 Å². The second-order valence-electron chi connectivity index (χ2n) is 6.75. The molecular formula is C19H25N3O. The standard InChI is InChI=1S/C19H25N3O/c1-2-6-19(7-3-1)23-13-5-11-21-16-8-9-17(21)15-18(14-16)22-12-4-10-20-22/h1-4,6-7,10,12,16-18H,5,8-9,11,13-15H2. The monoisotopic (exact) mass is 311 g/mol. The van der Waals surface area contributed by atoms with Crippen LogP contribution in [0.15, 0.2) is 48.8 Å². The number of fused-ring (bicyclic) bond motifs is 2. The predicted octanol–water partition coefficient (Wildman–Crippen LogP) is 3.52. The summed E-state index contributed by atoms with van der Waals surface area (Å²) in [4.78, 5) is 2.73. The summed E-state index contributed by atoms with van der Waals surface area (Å²) in [6, 6.07) is 14.2. The van der Waals surface area contributed by atoms with E-state index in [-0.39, 0.29) is 0 Å². The first-order valence-electron chi connectivity index (χ1n) is 8.83. The zero-order valence-corrected chi connectivity index (χ0v) is 13.6. The quantitative estimate of drug-likeness (QED) is 0.765. The molecule has 4 rings (SSSR count). The number of benzene rings is 1. The summed E-state index contributed by atoms with van der Waals surface area (Å²) in [7, 11) is 0. The number of rotatable bonds is 6. The Labute approximate surface area is 138 Å². The van der Waals surface area contributed by atoms with Crippen LogP contribution in [0.1, 0.15) is 38.1 Å². The molecule has 1 aromatic heterocycles. The van der Waals surface area contributed by atoms with Gasteiger partial charge in [-0.3, -0.25) is 9.58 Å². The van der Waals surface area contributed by atoms with Gasteiger partial charge in [0.2, 0.25) is 0 Å². The minimum absolute atomic E-state index is 0.597. The zero-order valence-electron chi connectivity index (χ0n) is 13.6. The molecule has 0 N–H and O–H groups in total. The Kier molecular flexibility index (Phi) is 4.33. The highest BCUT2D eigenvalue weighted by Crippen LogP contribution is 2.40. The van der Waals surface area contributed by atoms with Gasteiger partial charge in [0, 0.05) is 31.0 Å². The summed E-state index contributed by atoms with van der Waals surface area (Å²) in [5, 5.41) is 4.45. The van der Waals surface area contributed by atoms with Gasteiger partial charge in [-0.1, -0.05) is 18.2 Å². The number of para-hydroxylation sites is 1. The number of ether oxygens (including phenoxy) is 1. The molecule has 4 nitrogen and oxygen atoms in total. The van der Waals surface area contributed by atoms with Gasteiger partial charge in [0.1, 0.15) is 5.75 Å². The van der Waals surface area contributed by atoms with Gasteiger partial charge in [0.15, 0.2) is 0 Å². The molecule has 0 amide bonds. The third-order valence-corrected chi connectivity index (χ3v) is 5.33. The van der Waals surface area contributed by atoms with Gasteiger partial charge >= 0.3 is 0 Å². The van der Waals surface area contributed by atoms with Crippen molar-refractivity contribution in [3.63, 3.8) is 0 Å². The lowest BCUT2D eigenvalue weighted by Gasteiger charge is -2.39. The summed E-state index contributed by atoms with van der Waals surface area (Å²) >= 11 is 0. The average molecular weight is 311 g/mol. The molecule has 2 aromatic rings. The van der Waals surface area contributed by atoms with Crippen LogP contribution in [0.25, 0.3) is 0 Å². The third kappa shape index (κ3) is 3.27. The van der Waals surface area contributed by atoms with Crippen molar-refractivity contribution in [1.29, 1.82) is 0 Å². The van der Waals surface area contributed by atoms with Gasteiger partial charge in [-0.05, 0) is 50.3 Å². The van der Waals surface area contributed by atoms with Gasteiger partial charge in [0.25, 0.3) is 0 Å². The molecule has 2 atom stereocenters. The van der Waals surface area contributed by atoms with E-state index in [1.54, 1.807) is 0 Å². The van der Waals surface area contributed by atoms with Crippen molar-refractivity contribution in [1.82, 2.24) is 14.7 Å². The minimum Gasteiger partial charge on any atom is -0.494 e. The third-order valence-electron chi connectivity index (χ3n) is 5.33. The van der Waals surface area contributed by atoms with Crippen molar-refractivity contribution in [3.8, 4) is 5.75 Å². The Morgan fingerprint density at radius 3 is 2.48 bits per heavy atom. The molecule has 0 aliphatic carbocycles. The van der Waals surface area contributed by atoms with Gasteiger partial charge < -0.3 is 4.74 Å². The van der Waals surface area contributed by atoms with E-state index in [0.717, 1.165) is 37.4 Å². The molecule has 122 valence electrons. The molecule has 23 heavy (non-hydrogen) atoms. The van der Waals surface area contributed by atoms with Crippen LogP contribution in [-0.4, -0.2) is 39.9 Å². The summed E-state index contributed by atoms with van der Waals surface area (Å²) in [6.45, 7) is 1.97. The predicted molar refractivity (Wildman–Crippen MR) is 90.6 cm³/mol. The van der Waals surface area contributed by atoms with Crippen LogP contribution < -0.4 is 4.74 Å². The van der Waals surface area contributed by atoms with E-state index in [1.807, 2.05) is 42.6 Å². The van der Waals surface area contributed by atoms with Crippen molar-refractivity contribution in [2.75, 3.05) is 13.2 Å². The first kappa shape index (κ1) is 14.8. The van der Waals surface area contributed by atoms with Crippen LogP contribution in [0.5, 0.6) is 5.75 Å². The first-order chi connectivity index (χ1) is 11.4. The van der Waals surface area contributed by atoms with E-state index >= 15 is 0 Å². The fourth-order valence-electron chi connectivity index (χ4n) is 4.28. The van der Waals surface area contributed by atoms with Crippen LogP contribution in [0, 0.1) is 0 Å². The Morgan fingerprint density at radius 1 is 1.00 bits per heavy atom. The first-order valence-corrected chi connectivity index (χ1v) is 8.83. The molecule has 4 heteroatoms. The van der Waals surface area contributed by atoms with Crippen LogP contribution in [0.4, 0.5) is 0 Å². The molecule has 2 aliphatic heterocycles. The Bertz CT molecular complexity index is 584. The number of hydrogen-bond donors (Lipinski definition) is 0. The maximum Gasteiger partial charge on any atom is 0.119 e. The van der Waals surface area contributed by atoms with Gasteiger partial charge in [-0.25, -0.2) is 0 Å². The molecule has 0 saturated carbocycles. The largest absolute Gasteiger partial charge is 0.494 e. The smallest absolute Gasteiger partial charge is 0.119 e. The zero-order chi connectivity index (χ0) is 15.5. The maximum absolute atomic E-state index is 5.83. The lowest BCUT2D eigenvalue weighted by atomic mass is 9.97. The number of nitrogens with zero attached hydrogens (tertiary/aromatic N) is 3. The molecule has 0 spiro atoms. The fourth-order valence-corrected chi connectivity index (χ4v) is 4.28. The fraction of sp³-hybridized carbons (Fsp3) is 0.526. The van der Waals surface area contributed by atoms with Gasteiger partial charge in [-0.2, -0.15) is 5.10 Å². The lowest BCUT2D eigenvalue weighted by molar-refractivity contribution is 0.0959. The highest BCUT2D eigenvalue weighted by Gasteiger charge is 2.40. The molecule has 0 radical (unpaired) electrons. The number of piperidine rings is 1. The SMILES string of the molecule is c1ccc(OCCCN2C3CCC2CC(n2cccn2)C3)cc1. The molecule has 2 aliphatic rings.